The van der Waals surface area contributed by atoms with Crippen LogP contribution in [0.15, 0.2) is 54.6 Å². The SMILES string of the molecule is O=CC1OCC(Cc2ccccc2)N1C(=O)Cc1ccc(C2CC2)cc1. The molecule has 2 atom stereocenters. The second kappa shape index (κ2) is 7.42. The fraction of sp³-hybridized carbons (Fsp3) is 0.364. The molecule has 0 bridgehead atoms. The third kappa shape index (κ3) is 3.70. The van der Waals surface area contributed by atoms with Crippen LogP contribution in [0.5, 0.6) is 0 Å². The van der Waals surface area contributed by atoms with Gasteiger partial charge in [0.15, 0.2) is 12.5 Å². The number of amides is 1. The highest BCUT2D eigenvalue weighted by molar-refractivity contribution is 5.82. The number of carbonyl (C=O) groups is 2. The molecular formula is C22H23NO3. The summed E-state index contributed by atoms with van der Waals surface area (Å²) in [6.07, 6.45) is 3.47. The first-order valence-corrected chi connectivity index (χ1v) is 9.25. The van der Waals surface area contributed by atoms with Gasteiger partial charge < -0.3 is 9.64 Å². The molecule has 1 amide bonds. The molecule has 0 spiro atoms. The Bertz CT molecular complexity index is 768. The molecule has 1 aliphatic heterocycles. The molecule has 134 valence electrons. The van der Waals surface area contributed by atoms with Crippen molar-refractivity contribution < 1.29 is 14.3 Å². The summed E-state index contributed by atoms with van der Waals surface area (Å²) in [4.78, 5) is 25.9. The van der Waals surface area contributed by atoms with Crippen LogP contribution < -0.4 is 0 Å². The molecule has 0 radical (unpaired) electrons. The van der Waals surface area contributed by atoms with Crippen LogP contribution >= 0.6 is 0 Å². The number of carbonyl (C=O) groups excluding carboxylic acids is 2. The van der Waals surface area contributed by atoms with Crippen LogP contribution in [0, 0.1) is 0 Å². The third-order valence-corrected chi connectivity index (χ3v) is 5.23. The van der Waals surface area contributed by atoms with Gasteiger partial charge in [0.25, 0.3) is 0 Å². The van der Waals surface area contributed by atoms with Gasteiger partial charge in [0.05, 0.1) is 19.1 Å². The van der Waals surface area contributed by atoms with Crippen LogP contribution in [-0.2, 0) is 27.2 Å². The monoisotopic (exact) mass is 349 g/mol. The second-order valence-electron chi connectivity index (χ2n) is 7.20. The van der Waals surface area contributed by atoms with E-state index in [1.54, 1.807) is 4.90 Å². The Labute approximate surface area is 153 Å². The molecule has 0 aromatic heterocycles. The normalized spacial score (nSPS) is 22.4. The van der Waals surface area contributed by atoms with Crippen molar-refractivity contribution in [3.05, 3.63) is 71.3 Å². The number of aldehydes is 1. The van der Waals surface area contributed by atoms with Gasteiger partial charge in [-0.25, -0.2) is 0 Å². The van der Waals surface area contributed by atoms with E-state index >= 15 is 0 Å². The molecule has 2 aromatic rings. The van der Waals surface area contributed by atoms with E-state index in [0.29, 0.717) is 25.4 Å². The van der Waals surface area contributed by atoms with Gasteiger partial charge in [0.1, 0.15) is 0 Å². The molecule has 4 rings (SSSR count). The fourth-order valence-corrected chi connectivity index (χ4v) is 3.66. The highest BCUT2D eigenvalue weighted by Crippen LogP contribution is 2.39. The molecule has 1 saturated heterocycles. The van der Waals surface area contributed by atoms with Gasteiger partial charge in [0.2, 0.25) is 5.91 Å². The van der Waals surface area contributed by atoms with Crippen LogP contribution in [0.3, 0.4) is 0 Å². The van der Waals surface area contributed by atoms with Crippen molar-refractivity contribution in [3.63, 3.8) is 0 Å². The predicted octanol–water partition coefficient (Wildman–Crippen LogP) is 3.10. The molecule has 2 aliphatic rings. The maximum Gasteiger partial charge on any atom is 0.229 e. The molecule has 1 heterocycles. The summed E-state index contributed by atoms with van der Waals surface area (Å²) in [6.45, 7) is 0.394. The number of hydrogen-bond acceptors (Lipinski definition) is 3. The van der Waals surface area contributed by atoms with Crippen LogP contribution in [0.4, 0.5) is 0 Å². The molecule has 2 aromatic carbocycles. The van der Waals surface area contributed by atoms with Gasteiger partial charge in [-0.05, 0) is 41.9 Å². The lowest BCUT2D eigenvalue weighted by Crippen LogP contribution is -2.44. The standard InChI is InChI=1S/C22H23NO3/c24-14-22-23(20(15-26-22)12-16-4-2-1-3-5-16)21(25)13-17-6-8-18(9-7-17)19-10-11-19/h1-9,14,19-20,22H,10-13,15H2. The molecule has 2 fully saturated rings. The summed E-state index contributed by atoms with van der Waals surface area (Å²) >= 11 is 0. The van der Waals surface area contributed by atoms with Gasteiger partial charge >= 0.3 is 0 Å². The number of ether oxygens (including phenoxy) is 1. The average Bonchev–Trinajstić information content (AvgIpc) is 3.44. The summed E-state index contributed by atoms with van der Waals surface area (Å²) in [6, 6.07) is 18.2. The summed E-state index contributed by atoms with van der Waals surface area (Å²) in [7, 11) is 0. The topological polar surface area (TPSA) is 46.6 Å². The Hall–Kier alpha value is -2.46. The van der Waals surface area contributed by atoms with E-state index < -0.39 is 6.23 Å². The quantitative estimate of drug-likeness (QED) is 0.753. The van der Waals surface area contributed by atoms with Crippen LogP contribution in [0.25, 0.3) is 0 Å². The van der Waals surface area contributed by atoms with E-state index in [-0.39, 0.29) is 11.9 Å². The molecule has 4 nitrogen and oxygen atoms in total. The van der Waals surface area contributed by atoms with E-state index in [1.165, 1.54) is 18.4 Å². The first-order chi connectivity index (χ1) is 12.7. The fourth-order valence-electron chi connectivity index (χ4n) is 3.66. The maximum atomic E-state index is 12.9. The summed E-state index contributed by atoms with van der Waals surface area (Å²) in [5.74, 6) is 0.654. The molecule has 1 saturated carbocycles. The zero-order valence-electron chi connectivity index (χ0n) is 14.7. The Morgan fingerprint density at radius 2 is 1.77 bits per heavy atom. The van der Waals surface area contributed by atoms with Crippen molar-refractivity contribution in [1.82, 2.24) is 4.90 Å². The Morgan fingerprint density at radius 1 is 1.04 bits per heavy atom. The summed E-state index contributed by atoms with van der Waals surface area (Å²) in [5.41, 5.74) is 3.48. The van der Waals surface area contributed by atoms with Crippen LogP contribution in [-0.4, -0.2) is 36.0 Å². The van der Waals surface area contributed by atoms with Gasteiger partial charge in [-0.2, -0.15) is 0 Å². The van der Waals surface area contributed by atoms with Crippen molar-refractivity contribution in [1.29, 1.82) is 0 Å². The molecule has 1 aliphatic carbocycles. The van der Waals surface area contributed by atoms with E-state index in [1.807, 2.05) is 42.5 Å². The minimum atomic E-state index is -0.776. The average molecular weight is 349 g/mol. The summed E-state index contributed by atoms with van der Waals surface area (Å²) < 4.78 is 5.55. The van der Waals surface area contributed by atoms with Crippen molar-refractivity contribution in [3.8, 4) is 0 Å². The van der Waals surface area contributed by atoms with Gasteiger partial charge in [-0.15, -0.1) is 0 Å². The minimum absolute atomic E-state index is 0.0558. The second-order valence-corrected chi connectivity index (χ2v) is 7.20. The lowest BCUT2D eigenvalue weighted by molar-refractivity contribution is -0.141. The highest BCUT2D eigenvalue weighted by Gasteiger charge is 2.37. The zero-order valence-corrected chi connectivity index (χ0v) is 14.7. The largest absolute Gasteiger partial charge is 0.349 e. The lowest BCUT2D eigenvalue weighted by atomic mass is 10.0. The molecule has 0 N–H and O–H groups in total. The zero-order chi connectivity index (χ0) is 17.9. The number of benzene rings is 2. The molecule has 4 heteroatoms. The summed E-state index contributed by atoms with van der Waals surface area (Å²) in [5, 5.41) is 0. The van der Waals surface area contributed by atoms with Crippen molar-refractivity contribution in [2.75, 3.05) is 6.61 Å². The molecular weight excluding hydrogens is 326 g/mol. The maximum absolute atomic E-state index is 12.9. The highest BCUT2D eigenvalue weighted by atomic mass is 16.5. The first-order valence-electron chi connectivity index (χ1n) is 9.25. The third-order valence-electron chi connectivity index (χ3n) is 5.23. The minimum Gasteiger partial charge on any atom is -0.349 e. The van der Waals surface area contributed by atoms with Crippen molar-refractivity contribution in [2.24, 2.45) is 0 Å². The Kier molecular flexibility index (Phi) is 4.85. The van der Waals surface area contributed by atoms with E-state index in [9.17, 15) is 9.59 Å². The van der Waals surface area contributed by atoms with Crippen LogP contribution in [0.1, 0.15) is 35.4 Å². The Balaban J connectivity index is 1.46. The van der Waals surface area contributed by atoms with Gasteiger partial charge in [0, 0.05) is 0 Å². The number of rotatable bonds is 6. The Morgan fingerprint density at radius 3 is 2.42 bits per heavy atom. The lowest BCUT2D eigenvalue weighted by Gasteiger charge is -2.26. The number of nitrogens with zero attached hydrogens (tertiary/aromatic N) is 1. The predicted molar refractivity (Wildman–Crippen MR) is 98.7 cm³/mol. The van der Waals surface area contributed by atoms with Gasteiger partial charge in [-0.3, -0.25) is 9.59 Å². The number of hydrogen-bond donors (Lipinski definition) is 0. The van der Waals surface area contributed by atoms with Crippen LogP contribution in [0.2, 0.25) is 0 Å². The van der Waals surface area contributed by atoms with Gasteiger partial charge in [-0.1, -0.05) is 54.6 Å². The molecule has 26 heavy (non-hydrogen) atoms. The van der Waals surface area contributed by atoms with E-state index in [0.717, 1.165) is 17.4 Å². The van der Waals surface area contributed by atoms with Crippen molar-refractivity contribution >= 4 is 12.2 Å². The van der Waals surface area contributed by atoms with E-state index in [4.69, 9.17) is 4.74 Å². The first kappa shape index (κ1) is 17.0. The molecule has 2 unspecified atom stereocenters. The van der Waals surface area contributed by atoms with E-state index in [2.05, 4.69) is 12.1 Å². The van der Waals surface area contributed by atoms with Crippen molar-refractivity contribution in [2.45, 2.75) is 43.9 Å². The smallest absolute Gasteiger partial charge is 0.229 e.